The number of hydrogen-bond acceptors (Lipinski definition) is 2. The van der Waals surface area contributed by atoms with Gasteiger partial charge >= 0.3 is 0 Å². The molecule has 4 aromatic rings. The molecule has 0 aliphatic carbocycles. The third kappa shape index (κ3) is 4.92. The highest BCUT2D eigenvalue weighted by Gasteiger charge is 2.18. The van der Waals surface area contributed by atoms with E-state index in [4.69, 9.17) is 0 Å². The first-order valence-corrected chi connectivity index (χ1v) is 11.5. The molecule has 1 heterocycles. The van der Waals surface area contributed by atoms with Crippen LogP contribution >= 0.6 is 0 Å². The van der Waals surface area contributed by atoms with Crippen molar-refractivity contribution in [3.8, 4) is 11.1 Å². The Bertz CT molecular complexity index is 1290. The maximum atomic E-state index is 3.47. The maximum absolute atomic E-state index is 3.47. The van der Waals surface area contributed by atoms with Crippen LogP contribution in [0.3, 0.4) is 0 Å². The molecule has 1 aliphatic rings. The van der Waals surface area contributed by atoms with Gasteiger partial charge in [0, 0.05) is 17.6 Å². The average Bonchev–Trinajstić information content (AvgIpc) is 3.20. The van der Waals surface area contributed by atoms with Crippen LogP contribution in [0.25, 0.3) is 17.2 Å². The predicted octanol–water partition coefficient (Wildman–Crippen LogP) is 8.09. The first-order valence-electron chi connectivity index (χ1n) is 11.5. The van der Waals surface area contributed by atoms with E-state index in [-0.39, 0.29) is 0 Å². The lowest BCUT2D eigenvalue weighted by atomic mass is 10.0. The lowest BCUT2D eigenvalue weighted by Crippen LogP contribution is -2.22. The highest BCUT2D eigenvalue weighted by molar-refractivity contribution is 5.77. The summed E-state index contributed by atoms with van der Waals surface area (Å²) in [6.45, 7) is 0. The van der Waals surface area contributed by atoms with Gasteiger partial charge in [-0.25, -0.2) is 0 Å². The summed E-state index contributed by atoms with van der Waals surface area (Å²) in [7, 11) is 0. The fraction of sp³-hybridized carbons (Fsp3) is 0. The second-order valence-electron chi connectivity index (χ2n) is 7.99. The van der Waals surface area contributed by atoms with Gasteiger partial charge in [0.25, 0.3) is 0 Å². The van der Waals surface area contributed by atoms with Crippen molar-refractivity contribution >= 4 is 17.5 Å². The van der Waals surface area contributed by atoms with E-state index in [1.165, 1.54) is 11.1 Å². The van der Waals surface area contributed by atoms with Crippen LogP contribution in [0.5, 0.6) is 0 Å². The van der Waals surface area contributed by atoms with Crippen LogP contribution in [0.15, 0.2) is 157 Å². The normalized spacial score (nSPS) is 13.1. The molecule has 0 radical (unpaired) electrons. The monoisotopic (exact) mass is 438 g/mol. The van der Waals surface area contributed by atoms with Crippen molar-refractivity contribution < 1.29 is 0 Å². The third-order valence-electron chi connectivity index (χ3n) is 5.69. The Hall–Kier alpha value is -4.56. The zero-order valence-electron chi connectivity index (χ0n) is 18.9. The van der Waals surface area contributed by atoms with E-state index in [0.29, 0.717) is 0 Å². The molecule has 0 atom stereocenters. The van der Waals surface area contributed by atoms with Gasteiger partial charge in [-0.3, -0.25) is 0 Å². The second kappa shape index (κ2) is 10.4. The van der Waals surface area contributed by atoms with Gasteiger partial charge < -0.3 is 10.2 Å². The molecule has 0 amide bonds. The van der Waals surface area contributed by atoms with E-state index in [1.54, 1.807) is 0 Å². The number of allylic oxidation sites excluding steroid dienone is 4. The Labute approximate surface area is 201 Å². The maximum Gasteiger partial charge on any atom is 0.0702 e. The zero-order chi connectivity index (χ0) is 23.0. The van der Waals surface area contributed by atoms with Crippen molar-refractivity contribution in [2.24, 2.45) is 0 Å². The van der Waals surface area contributed by atoms with E-state index < -0.39 is 0 Å². The van der Waals surface area contributed by atoms with E-state index in [0.717, 1.165) is 28.3 Å². The Morgan fingerprint density at radius 2 is 1.12 bits per heavy atom. The molecule has 0 saturated carbocycles. The van der Waals surface area contributed by atoms with Crippen molar-refractivity contribution in [1.82, 2.24) is 5.32 Å². The molecule has 0 aromatic heterocycles. The van der Waals surface area contributed by atoms with Crippen molar-refractivity contribution in [3.05, 3.63) is 163 Å². The molecule has 1 aliphatic heterocycles. The fourth-order valence-electron chi connectivity index (χ4n) is 4.02. The second-order valence-corrected chi connectivity index (χ2v) is 7.99. The highest BCUT2D eigenvalue weighted by Crippen LogP contribution is 2.34. The summed E-state index contributed by atoms with van der Waals surface area (Å²) in [6.07, 6.45) is 12.4. The summed E-state index contributed by atoms with van der Waals surface area (Å²) < 4.78 is 0. The van der Waals surface area contributed by atoms with Crippen molar-refractivity contribution in [2.45, 2.75) is 0 Å². The number of nitrogens with one attached hydrogen (secondary N) is 1. The molecule has 0 unspecified atom stereocenters. The minimum atomic E-state index is 1.02. The molecule has 164 valence electrons. The van der Waals surface area contributed by atoms with E-state index >= 15 is 0 Å². The van der Waals surface area contributed by atoms with Crippen molar-refractivity contribution in [3.63, 3.8) is 0 Å². The third-order valence-corrected chi connectivity index (χ3v) is 5.69. The molecule has 0 saturated heterocycles. The van der Waals surface area contributed by atoms with Gasteiger partial charge in [0.1, 0.15) is 0 Å². The lowest BCUT2D eigenvalue weighted by molar-refractivity contribution is 1.03. The Morgan fingerprint density at radius 3 is 1.74 bits per heavy atom. The number of hydrogen-bond donors (Lipinski definition) is 1. The molecule has 5 rings (SSSR count). The highest BCUT2D eigenvalue weighted by atomic mass is 15.2. The largest absolute Gasteiger partial charge is 0.360 e. The van der Waals surface area contributed by atoms with Crippen LogP contribution < -0.4 is 10.2 Å². The molecule has 0 spiro atoms. The number of anilines is 2. The average molecular weight is 439 g/mol. The first-order chi connectivity index (χ1) is 16.9. The molecule has 1 N–H and O–H groups in total. The Morgan fingerprint density at radius 1 is 0.559 bits per heavy atom. The van der Waals surface area contributed by atoms with Crippen LogP contribution in [-0.2, 0) is 0 Å². The summed E-state index contributed by atoms with van der Waals surface area (Å²) in [5.41, 5.74) is 7.83. The number of nitrogens with zero attached hydrogens (tertiary/aromatic N) is 1. The molecule has 2 heteroatoms. The SMILES string of the molecule is C1=CC=C(C(=Cc2ccc(-c3ccccc3)cc2)N(c2ccccc2)c2ccccc2)NC=C1. The Kier molecular flexibility index (Phi) is 6.50. The van der Waals surface area contributed by atoms with Crippen molar-refractivity contribution in [2.75, 3.05) is 4.90 Å². The summed E-state index contributed by atoms with van der Waals surface area (Å²) in [5.74, 6) is 0. The molecule has 2 nitrogen and oxygen atoms in total. The Balaban J connectivity index is 1.63. The topological polar surface area (TPSA) is 15.3 Å². The predicted molar refractivity (Wildman–Crippen MR) is 144 cm³/mol. The van der Waals surface area contributed by atoms with Crippen LogP contribution in [0, 0.1) is 0 Å². The van der Waals surface area contributed by atoms with Gasteiger partial charge in [-0.1, -0.05) is 103 Å². The summed E-state index contributed by atoms with van der Waals surface area (Å²) in [6, 6.07) is 40.2. The molecule has 4 aromatic carbocycles. The summed E-state index contributed by atoms with van der Waals surface area (Å²) in [5, 5.41) is 3.47. The molecular formula is C32H26N2. The lowest BCUT2D eigenvalue weighted by Gasteiger charge is -2.29. The quantitative estimate of drug-likeness (QED) is 0.327. The summed E-state index contributed by atoms with van der Waals surface area (Å²) >= 11 is 0. The number of benzene rings is 4. The zero-order valence-corrected chi connectivity index (χ0v) is 18.9. The van der Waals surface area contributed by atoms with Gasteiger partial charge in [0.15, 0.2) is 0 Å². The summed E-state index contributed by atoms with van der Waals surface area (Å²) in [4.78, 5) is 2.29. The molecule has 0 fully saturated rings. The number of rotatable bonds is 6. The molecule has 0 bridgehead atoms. The van der Waals surface area contributed by atoms with Gasteiger partial charge in [0.2, 0.25) is 0 Å². The first kappa shape index (κ1) is 21.3. The van der Waals surface area contributed by atoms with E-state index in [1.807, 2.05) is 36.6 Å². The molecule has 34 heavy (non-hydrogen) atoms. The molecular weight excluding hydrogens is 412 g/mol. The fourth-order valence-corrected chi connectivity index (χ4v) is 4.02. The van der Waals surface area contributed by atoms with Gasteiger partial charge in [-0.05, 0) is 59.2 Å². The van der Waals surface area contributed by atoms with Gasteiger partial charge in [0.05, 0.1) is 11.4 Å². The van der Waals surface area contributed by atoms with Crippen LogP contribution in [0.2, 0.25) is 0 Å². The van der Waals surface area contributed by atoms with Gasteiger partial charge in [-0.2, -0.15) is 0 Å². The number of para-hydroxylation sites is 2. The van der Waals surface area contributed by atoms with E-state index in [2.05, 4.69) is 126 Å². The van der Waals surface area contributed by atoms with Crippen molar-refractivity contribution in [1.29, 1.82) is 0 Å². The standard InChI is InChI=1S/C32H26N2/c1-5-13-27(14-6-1)28-22-20-26(21-23-28)25-32(31-19-11-4-12-24-33-31)34(29-15-7-2-8-16-29)30-17-9-3-10-18-30/h1-25,33H. The van der Waals surface area contributed by atoms with Crippen LogP contribution in [0.1, 0.15) is 5.56 Å². The van der Waals surface area contributed by atoms with Crippen LogP contribution in [0.4, 0.5) is 11.4 Å². The minimum Gasteiger partial charge on any atom is -0.360 e. The smallest absolute Gasteiger partial charge is 0.0702 e. The van der Waals surface area contributed by atoms with Crippen LogP contribution in [-0.4, -0.2) is 0 Å². The van der Waals surface area contributed by atoms with E-state index in [9.17, 15) is 0 Å². The minimum absolute atomic E-state index is 1.02. The van der Waals surface area contributed by atoms with Gasteiger partial charge in [-0.15, -0.1) is 0 Å².